The number of carbonyl (C=O) groups excluding carboxylic acids is 1. The number of carbonyl (C=O) groups is 1. The van der Waals surface area contributed by atoms with Crippen LogP contribution in [-0.4, -0.2) is 66.7 Å². The molecule has 0 unspecified atom stereocenters. The van der Waals surface area contributed by atoms with E-state index in [9.17, 15) is 18.0 Å². The molecule has 1 amide bonds. The number of halogens is 3. The van der Waals surface area contributed by atoms with E-state index in [0.717, 1.165) is 12.1 Å². The lowest BCUT2D eigenvalue weighted by Gasteiger charge is -2.21. The zero-order chi connectivity index (χ0) is 20.0. The molecule has 1 aromatic heterocycles. The van der Waals surface area contributed by atoms with Crippen LogP contribution in [0.1, 0.15) is 11.5 Å². The van der Waals surface area contributed by atoms with Crippen LogP contribution in [0.2, 0.25) is 0 Å². The summed E-state index contributed by atoms with van der Waals surface area (Å²) in [6, 6.07) is 4.70. The van der Waals surface area contributed by atoms with Crippen LogP contribution < -0.4 is 0 Å². The summed E-state index contributed by atoms with van der Waals surface area (Å²) in [6.07, 6.45) is -4.45. The van der Waals surface area contributed by atoms with Gasteiger partial charge in [0.15, 0.2) is 0 Å². The van der Waals surface area contributed by atoms with Crippen molar-refractivity contribution < 1.29 is 27.2 Å². The lowest BCUT2D eigenvalue weighted by Crippen LogP contribution is -2.38. The quantitative estimate of drug-likeness (QED) is 0.693. The van der Waals surface area contributed by atoms with E-state index in [0.29, 0.717) is 13.2 Å². The molecular formula is C17H21F3N4O3. The van der Waals surface area contributed by atoms with Gasteiger partial charge in [-0.3, -0.25) is 9.69 Å². The number of likely N-dealkylation sites (N-methyl/N-ethyl adjacent to an activating group) is 1. The second-order valence-corrected chi connectivity index (χ2v) is 6.08. The molecule has 0 aliphatic carbocycles. The van der Waals surface area contributed by atoms with Gasteiger partial charge >= 0.3 is 6.18 Å². The molecule has 27 heavy (non-hydrogen) atoms. The van der Waals surface area contributed by atoms with E-state index < -0.39 is 11.7 Å². The van der Waals surface area contributed by atoms with Crippen molar-refractivity contribution in [3.05, 3.63) is 35.7 Å². The molecule has 0 fully saturated rings. The van der Waals surface area contributed by atoms with Crippen molar-refractivity contribution in [2.45, 2.75) is 12.7 Å². The number of rotatable bonds is 8. The van der Waals surface area contributed by atoms with Crippen LogP contribution in [0.25, 0.3) is 11.4 Å². The molecule has 0 aliphatic heterocycles. The first-order valence-electron chi connectivity index (χ1n) is 8.12. The Bertz CT molecular complexity index is 762. The highest BCUT2D eigenvalue weighted by Crippen LogP contribution is 2.31. The first-order chi connectivity index (χ1) is 12.7. The van der Waals surface area contributed by atoms with Gasteiger partial charge in [0, 0.05) is 33.3 Å². The molecule has 2 rings (SSSR count). The second kappa shape index (κ2) is 8.96. The van der Waals surface area contributed by atoms with Gasteiger partial charge in [0.1, 0.15) is 0 Å². The predicted molar refractivity (Wildman–Crippen MR) is 90.6 cm³/mol. The first-order valence-corrected chi connectivity index (χ1v) is 8.12. The van der Waals surface area contributed by atoms with Gasteiger partial charge in [0.2, 0.25) is 17.6 Å². The van der Waals surface area contributed by atoms with E-state index in [2.05, 4.69) is 10.1 Å². The van der Waals surface area contributed by atoms with Gasteiger partial charge in [-0.25, -0.2) is 0 Å². The molecule has 0 N–H and O–H groups in total. The molecule has 1 aromatic carbocycles. The highest BCUT2D eigenvalue weighted by atomic mass is 19.4. The van der Waals surface area contributed by atoms with Crippen LogP contribution >= 0.6 is 0 Å². The van der Waals surface area contributed by atoms with Gasteiger partial charge in [0.05, 0.1) is 25.3 Å². The Morgan fingerprint density at radius 3 is 2.67 bits per heavy atom. The standard InChI is InChI=1S/C17H21F3N4O3/c1-23(2)15(25)11-24(7-8-26-3)10-14-21-16(22-27-14)12-5-4-6-13(9-12)17(18,19)20/h4-6,9H,7-8,10-11H2,1-3H3. The van der Waals surface area contributed by atoms with E-state index in [1.54, 1.807) is 26.1 Å². The van der Waals surface area contributed by atoms with Crippen LogP contribution in [0.5, 0.6) is 0 Å². The van der Waals surface area contributed by atoms with Gasteiger partial charge in [-0.05, 0) is 12.1 Å². The monoisotopic (exact) mass is 386 g/mol. The molecule has 0 atom stereocenters. The SMILES string of the molecule is COCCN(CC(=O)N(C)C)Cc1nc(-c2cccc(C(F)(F)F)c2)no1. The first kappa shape index (κ1) is 20.8. The average molecular weight is 386 g/mol. The number of ether oxygens (including phenoxy) is 1. The zero-order valence-corrected chi connectivity index (χ0v) is 15.3. The van der Waals surface area contributed by atoms with Crippen LogP contribution in [0.4, 0.5) is 13.2 Å². The zero-order valence-electron chi connectivity index (χ0n) is 15.3. The van der Waals surface area contributed by atoms with Gasteiger partial charge in [-0.1, -0.05) is 17.3 Å². The molecule has 1 heterocycles. The number of methoxy groups -OCH3 is 1. The third-order valence-electron chi connectivity index (χ3n) is 3.74. The number of hydrogen-bond donors (Lipinski definition) is 0. The summed E-state index contributed by atoms with van der Waals surface area (Å²) >= 11 is 0. The van der Waals surface area contributed by atoms with Crippen molar-refractivity contribution in [3.63, 3.8) is 0 Å². The predicted octanol–water partition coefficient (Wildman–Crippen LogP) is 2.29. The van der Waals surface area contributed by atoms with Crippen LogP contribution in [0, 0.1) is 0 Å². The molecule has 148 valence electrons. The molecule has 10 heteroatoms. The Morgan fingerprint density at radius 2 is 2.04 bits per heavy atom. The minimum absolute atomic E-state index is 0.0572. The molecular weight excluding hydrogens is 365 g/mol. The summed E-state index contributed by atoms with van der Waals surface area (Å²) in [7, 11) is 4.84. The van der Waals surface area contributed by atoms with Gasteiger partial charge < -0.3 is 14.2 Å². The summed E-state index contributed by atoms with van der Waals surface area (Å²) < 4.78 is 48.7. The summed E-state index contributed by atoms with van der Waals surface area (Å²) in [5, 5.41) is 3.75. The molecule has 0 saturated carbocycles. The van der Waals surface area contributed by atoms with Gasteiger partial charge in [0.25, 0.3) is 0 Å². The summed E-state index contributed by atoms with van der Waals surface area (Å²) in [5.74, 6) is 0.149. The maximum Gasteiger partial charge on any atom is 0.416 e. The largest absolute Gasteiger partial charge is 0.416 e. The highest BCUT2D eigenvalue weighted by molar-refractivity contribution is 5.77. The minimum Gasteiger partial charge on any atom is -0.383 e. The van der Waals surface area contributed by atoms with Crippen LogP contribution in [-0.2, 0) is 22.3 Å². The van der Waals surface area contributed by atoms with E-state index in [1.165, 1.54) is 17.0 Å². The normalized spacial score (nSPS) is 11.8. The fourth-order valence-electron chi connectivity index (χ4n) is 2.23. The second-order valence-electron chi connectivity index (χ2n) is 6.08. The van der Waals surface area contributed by atoms with Crippen LogP contribution in [0.3, 0.4) is 0 Å². The number of alkyl halides is 3. The van der Waals surface area contributed by atoms with Crippen molar-refractivity contribution >= 4 is 5.91 Å². The van der Waals surface area contributed by atoms with Crippen molar-refractivity contribution in [1.82, 2.24) is 19.9 Å². The highest BCUT2D eigenvalue weighted by Gasteiger charge is 2.30. The minimum atomic E-state index is -4.45. The summed E-state index contributed by atoms with van der Waals surface area (Å²) in [4.78, 5) is 19.3. The fraction of sp³-hybridized carbons (Fsp3) is 0.471. The molecule has 0 radical (unpaired) electrons. The molecule has 0 spiro atoms. The van der Waals surface area contributed by atoms with E-state index in [1.807, 2.05) is 0 Å². The topological polar surface area (TPSA) is 71.7 Å². The van der Waals surface area contributed by atoms with E-state index in [4.69, 9.17) is 9.26 Å². The Kier molecular flexibility index (Phi) is 6.92. The number of aromatic nitrogens is 2. The van der Waals surface area contributed by atoms with Crippen molar-refractivity contribution in [3.8, 4) is 11.4 Å². The molecule has 7 nitrogen and oxygen atoms in total. The maximum atomic E-state index is 12.8. The number of hydrogen-bond acceptors (Lipinski definition) is 6. The molecule has 2 aromatic rings. The summed E-state index contributed by atoms with van der Waals surface area (Å²) in [6.45, 7) is 1.15. The number of amides is 1. The Hall–Kier alpha value is -2.46. The third kappa shape index (κ3) is 6.04. The summed E-state index contributed by atoms with van der Waals surface area (Å²) in [5.41, 5.74) is -0.586. The van der Waals surface area contributed by atoms with Crippen molar-refractivity contribution in [2.24, 2.45) is 0 Å². The molecule has 0 saturated heterocycles. The van der Waals surface area contributed by atoms with Gasteiger partial charge in [-0.15, -0.1) is 0 Å². The Morgan fingerprint density at radius 1 is 1.30 bits per heavy atom. The Labute approximate surface area is 154 Å². The number of nitrogens with zero attached hydrogens (tertiary/aromatic N) is 4. The lowest BCUT2D eigenvalue weighted by atomic mass is 10.1. The third-order valence-corrected chi connectivity index (χ3v) is 3.74. The molecule has 0 bridgehead atoms. The maximum absolute atomic E-state index is 12.8. The van der Waals surface area contributed by atoms with Gasteiger partial charge in [-0.2, -0.15) is 18.2 Å². The lowest BCUT2D eigenvalue weighted by molar-refractivity contribution is -0.137. The van der Waals surface area contributed by atoms with E-state index in [-0.39, 0.29) is 36.3 Å². The average Bonchev–Trinajstić information content (AvgIpc) is 3.07. The smallest absolute Gasteiger partial charge is 0.383 e. The van der Waals surface area contributed by atoms with Crippen LogP contribution in [0.15, 0.2) is 28.8 Å². The van der Waals surface area contributed by atoms with Crippen molar-refractivity contribution in [1.29, 1.82) is 0 Å². The number of benzene rings is 1. The molecule has 0 aliphatic rings. The fourth-order valence-corrected chi connectivity index (χ4v) is 2.23. The Balaban J connectivity index is 2.14. The van der Waals surface area contributed by atoms with E-state index >= 15 is 0 Å². The van der Waals surface area contributed by atoms with Crippen molar-refractivity contribution in [2.75, 3.05) is 40.9 Å².